The van der Waals surface area contributed by atoms with Crippen LogP contribution in [0.3, 0.4) is 0 Å². The molecule has 5 heterocycles. The Morgan fingerprint density at radius 2 is 2.05 bits per heavy atom. The number of piperazine rings is 1. The molecule has 1 aromatic carbocycles. The molecule has 0 saturated carbocycles. The van der Waals surface area contributed by atoms with Crippen LogP contribution in [0, 0.1) is 12.7 Å². The number of carbonyl (C=O) groups is 1. The normalized spacial score (nSPS) is 15.3. The van der Waals surface area contributed by atoms with Gasteiger partial charge in [0.25, 0.3) is 0 Å². The minimum absolute atomic E-state index is 0.0486. The monoisotopic (exact) mass is 553 g/mol. The number of pyridine rings is 2. The van der Waals surface area contributed by atoms with Gasteiger partial charge >= 0.3 is 0 Å². The lowest BCUT2D eigenvalue weighted by Crippen LogP contribution is -2.54. The van der Waals surface area contributed by atoms with Gasteiger partial charge in [-0.05, 0) is 49.2 Å². The molecule has 12 heteroatoms. The van der Waals surface area contributed by atoms with Crippen LogP contribution < -0.4 is 15.0 Å². The molecule has 5 aromatic rings. The highest BCUT2D eigenvalue weighted by molar-refractivity contribution is 5.89. The third-order valence-electron chi connectivity index (χ3n) is 7.20. The molecule has 0 unspecified atom stereocenters. The summed E-state index contributed by atoms with van der Waals surface area (Å²) in [4.78, 5) is 34.0. The molecule has 208 valence electrons. The number of ether oxygens (including phenoxy) is 1. The molecule has 0 spiro atoms. The Bertz CT molecular complexity index is 1770. The number of aromatic nitrogens is 6. The Balaban J connectivity index is 1.25. The van der Waals surface area contributed by atoms with Crippen LogP contribution in [0.2, 0.25) is 0 Å². The molecule has 0 radical (unpaired) electrons. The van der Waals surface area contributed by atoms with Crippen molar-refractivity contribution in [1.29, 1.82) is 0 Å². The average Bonchev–Trinajstić information content (AvgIpc) is 3.47. The van der Waals surface area contributed by atoms with Gasteiger partial charge in [0.2, 0.25) is 5.91 Å². The first-order valence-electron chi connectivity index (χ1n) is 13.3. The summed E-state index contributed by atoms with van der Waals surface area (Å²) in [5.41, 5.74) is 2.72. The van der Waals surface area contributed by atoms with Gasteiger partial charge in [-0.2, -0.15) is 5.10 Å². The minimum atomic E-state index is -0.508. The van der Waals surface area contributed by atoms with Crippen LogP contribution >= 0.6 is 0 Å². The molecule has 1 saturated heterocycles. The zero-order chi connectivity index (χ0) is 28.5. The lowest BCUT2D eigenvalue weighted by molar-refractivity contribution is -0.128. The number of amides is 1. The van der Waals surface area contributed by atoms with Crippen molar-refractivity contribution in [2.24, 2.45) is 0 Å². The number of halogens is 1. The Morgan fingerprint density at radius 3 is 2.88 bits per heavy atom. The number of anilines is 3. The standard InChI is InChI=1S/C29H28FN9O2/c1-4-19-15-37(10-11-38(19)27(40)5-2)25-7-6-22-28(36-25)29(33-16-31-22)35-23-12-18(3)24(14-21(23)30)41-20-8-9-39-26(13-20)32-17-34-39/h5-9,12-14,16-17,19H,2,4,10-11,15H2,1,3H3,(H,31,33,35)/t19-/m1/s1. The number of hydrogen-bond donors (Lipinski definition) is 1. The quantitative estimate of drug-likeness (QED) is 0.287. The van der Waals surface area contributed by atoms with E-state index in [0.717, 1.165) is 17.8 Å². The fourth-order valence-corrected chi connectivity index (χ4v) is 5.00. The van der Waals surface area contributed by atoms with Gasteiger partial charge in [-0.1, -0.05) is 13.5 Å². The Labute approximate surface area is 235 Å². The van der Waals surface area contributed by atoms with Crippen molar-refractivity contribution >= 4 is 39.9 Å². The van der Waals surface area contributed by atoms with Gasteiger partial charge in [0.05, 0.1) is 11.2 Å². The molecule has 11 nitrogen and oxygen atoms in total. The molecule has 0 aliphatic carbocycles. The van der Waals surface area contributed by atoms with Crippen LogP contribution in [-0.4, -0.2) is 66.0 Å². The largest absolute Gasteiger partial charge is 0.457 e. The molecule has 6 rings (SSSR count). The molecule has 1 fully saturated rings. The highest BCUT2D eigenvalue weighted by atomic mass is 19.1. The van der Waals surface area contributed by atoms with E-state index >= 15 is 4.39 Å². The molecule has 1 aliphatic heterocycles. The Kier molecular flexibility index (Phi) is 6.88. The lowest BCUT2D eigenvalue weighted by atomic mass is 10.1. The molecular formula is C29H28FN9O2. The zero-order valence-electron chi connectivity index (χ0n) is 22.7. The second-order valence-electron chi connectivity index (χ2n) is 9.75. The third kappa shape index (κ3) is 5.11. The van der Waals surface area contributed by atoms with Gasteiger partial charge in [-0.15, -0.1) is 0 Å². The van der Waals surface area contributed by atoms with Gasteiger partial charge in [-0.25, -0.2) is 28.8 Å². The maximum Gasteiger partial charge on any atom is 0.246 e. The van der Waals surface area contributed by atoms with Gasteiger partial charge < -0.3 is 19.9 Å². The van der Waals surface area contributed by atoms with Gasteiger partial charge in [0, 0.05) is 44.0 Å². The molecule has 41 heavy (non-hydrogen) atoms. The lowest BCUT2D eigenvalue weighted by Gasteiger charge is -2.41. The van der Waals surface area contributed by atoms with Gasteiger partial charge in [0.15, 0.2) is 11.5 Å². The topological polar surface area (TPSA) is 114 Å². The predicted octanol–water partition coefficient (Wildman–Crippen LogP) is 4.66. The van der Waals surface area contributed by atoms with Crippen molar-refractivity contribution in [1.82, 2.24) is 34.4 Å². The van der Waals surface area contributed by atoms with Crippen molar-refractivity contribution < 1.29 is 13.9 Å². The maximum atomic E-state index is 15.3. The van der Waals surface area contributed by atoms with E-state index in [1.165, 1.54) is 24.8 Å². The third-order valence-corrected chi connectivity index (χ3v) is 7.20. The van der Waals surface area contributed by atoms with E-state index < -0.39 is 5.82 Å². The van der Waals surface area contributed by atoms with Crippen LogP contribution in [0.5, 0.6) is 11.5 Å². The summed E-state index contributed by atoms with van der Waals surface area (Å²) in [5.74, 6) is 1.45. The van der Waals surface area contributed by atoms with Gasteiger partial charge in [-0.3, -0.25) is 4.79 Å². The highest BCUT2D eigenvalue weighted by Gasteiger charge is 2.29. The van der Waals surface area contributed by atoms with Crippen LogP contribution in [0.1, 0.15) is 18.9 Å². The molecular weight excluding hydrogens is 525 g/mol. The molecule has 4 aromatic heterocycles. The highest BCUT2D eigenvalue weighted by Crippen LogP contribution is 2.32. The number of benzene rings is 1. The molecule has 0 bridgehead atoms. The second-order valence-corrected chi connectivity index (χ2v) is 9.75. The number of carbonyl (C=O) groups excluding carboxylic acids is 1. The number of hydrogen-bond acceptors (Lipinski definition) is 9. The number of nitrogens with zero attached hydrogens (tertiary/aromatic N) is 8. The fraction of sp³-hybridized carbons (Fsp3) is 0.241. The summed E-state index contributed by atoms with van der Waals surface area (Å²) in [5, 5.41) is 7.17. The number of aryl methyl sites for hydroxylation is 1. The molecule has 1 N–H and O–H groups in total. The van der Waals surface area contributed by atoms with E-state index in [2.05, 4.69) is 43.8 Å². The summed E-state index contributed by atoms with van der Waals surface area (Å²) in [7, 11) is 0. The predicted molar refractivity (Wildman–Crippen MR) is 153 cm³/mol. The molecule has 1 amide bonds. The Hall–Kier alpha value is -5.13. The van der Waals surface area contributed by atoms with E-state index in [1.54, 1.807) is 28.9 Å². The van der Waals surface area contributed by atoms with Crippen LogP contribution in [0.25, 0.3) is 16.7 Å². The minimum Gasteiger partial charge on any atom is -0.457 e. The van der Waals surface area contributed by atoms with E-state index in [4.69, 9.17) is 9.72 Å². The van der Waals surface area contributed by atoms with Gasteiger partial charge in [0.1, 0.15) is 41.3 Å². The van der Waals surface area contributed by atoms with E-state index in [1.807, 2.05) is 24.0 Å². The number of fused-ring (bicyclic) bond motifs is 2. The van der Waals surface area contributed by atoms with Crippen molar-refractivity contribution in [3.05, 3.63) is 79.3 Å². The second kappa shape index (κ2) is 10.8. The summed E-state index contributed by atoms with van der Waals surface area (Å²) in [6.07, 6.45) is 6.77. The van der Waals surface area contributed by atoms with Crippen LogP contribution in [-0.2, 0) is 4.79 Å². The first kappa shape index (κ1) is 26.1. The van der Waals surface area contributed by atoms with E-state index in [0.29, 0.717) is 53.6 Å². The van der Waals surface area contributed by atoms with Crippen molar-refractivity contribution in [3.8, 4) is 11.5 Å². The van der Waals surface area contributed by atoms with Crippen molar-refractivity contribution in [2.45, 2.75) is 26.3 Å². The van der Waals surface area contributed by atoms with Crippen LogP contribution in [0.4, 0.5) is 21.7 Å². The fourth-order valence-electron chi connectivity index (χ4n) is 5.00. The summed E-state index contributed by atoms with van der Waals surface area (Å²) in [6.45, 7) is 9.37. The number of nitrogens with one attached hydrogen (secondary N) is 1. The molecule has 1 atom stereocenters. The zero-order valence-corrected chi connectivity index (χ0v) is 22.7. The first-order chi connectivity index (χ1) is 19.9. The smallest absolute Gasteiger partial charge is 0.246 e. The van der Waals surface area contributed by atoms with Crippen molar-refractivity contribution in [2.75, 3.05) is 29.9 Å². The summed E-state index contributed by atoms with van der Waals surface area (Å²) in [6, 6.07) is 10.3. The van der Waals surface area contributed by atoms with Crippen LogP contribution in [0.15, 0.2) is 67.9 Å². The molecule has 1 aliphatic rings. The van der Waals surface area contributed by atoms with E-state index in [9.17, 15) is 4.79 Å². The summed E-state index contributed by atoms with van der Waals surface area (Å²) >= 11 is 0. The Morgan fingerprint density at radius 1 is 1.17 bits per heavy atom. The van der Waals surface area contributed by atoms with Crippen molar-refractivity contribution in [3.63, 3.8) is 0 Å². The van der Waals surface area contributed by atoms with E-state index in [-0.39, 0.29) is 17.6 Å². The number of rotatable bonds is 7. The average molecular weight is 554 g/mol. The SMILES string of the molecule is C=CC(=O)N1CCN(c2ccc3ncnc(Nc4cc(C)c(Oc5ccn6ncnc6c5)cc4F)c3n2)C[C@H]1CC. The first-order valence-corrected chi connectivity index (χ1v) is 13.3. The summed E-state index contributed by atoms with van der Waals surface area (Å²) < 4.78 is 22.9. The maximum absolute atomic E-state index is 15.3.